The number of benzene rings is 2. The van der Waals surface area contributed by atoms with Crippen molar-refractivity contribution in [3.8, 4) is 5.75 Å². The summed E-state index contributed by atoms with van der Waals surface area (Å²) in [5.41, 5.74) is 3.74. The summed E-state index contributed by atoms with van der Waals surface area (Å²) in [7, 11) is 0. The number of hydrogen-bond acceptors (Lipinski definition) is 4. The molecule has 0 fully saturated rings. The van der Waals surface area contributed by atoms with Gasteiger partial charge in [0.25, 0.3) is 5.91 Å². The number of nitrogens with zero attached hydrogens (tertiary/aromatic N) is 1. The third-order valence-electron chi connectivity index (χ3n) is 3.36. The summed E-state index contributed by atoms with van der Waals surface area (Å²) < 4.78 is 0. The molecule has 2 aromatic carbocycles. The molecule has 2 rings (SSSR count). The fourth-order valence-corrected chi connectivity index (χ4v) is 1.81. The molecule has 0 saturated carbocycles. The molecule has 0 saturated heterocycles. The van der Waals surface area contributed by atoms with Crippen molar-refractivity contribution in [3.05, 3.63) is 59.7 Å². The molecule has 6 heteroatoms. The maximum Gasteiger partial charge on any atom is 0.271 e. The highest BCUT2D eigenvalue weighted by Crippen LogP contribution is 2.17. The summed E-state index contributed by atoms with van der Waals surface area (Å²) in [6.45, 7) is 5.49. The first-order chi connectivity index (χ1) is 11.8. The van der Waals surface area contributed by atoms with Crippen LogP contribution >= 0.6 is 0 Å². The number of phenols is 1. The molecule has 0 bridgehead atoms. The number of phenolic OH excluding ortho intramolecular Hbond substituents is 1. The molecule has 2 amide bonds. The molecule has 0 atom stereocenters. The average molecular weight is 339 g/mol. The molecule has 25 heavy (non-hydrogen) atoms. The molecule has 0 radical (unpaired) electrons. The zero-order valence-corrected chi connectivity index (χ0v) is 14.4. The van der Waals surface area contributed by atoms with Gasteiger partial charge in [0, 0.05) is 16.7 Å². The third-order valence-corrected chi connectivity index (χ3v) is 3.36. The van der Waals surface area contributed by atoms with Crippen molar-refractivity contribution < 1.29 is 14.7 Å². The van der Waals surface area contributed by atoms with Crippen molar-refractivity contribution in [2.45, 2.75) is 20.8 Å². The number of hydrazone groups is 1. The Balaban J connectivity index is 1.94. The van der Waals surface area contributed by atoms with E-state index in [1.54, 1.807) is 36.4 Å². The molecule has 0 aliphatic heterocycles. The van der Waals surface area contributed by atoms with Crippen LogP contribution in [0.5, 0.6) is 5.75 Å². The average Bonchev–Trinajstić information content (AvgIpc) is 2.56. The lowest BCUT2D eigenvalue weighted by Crippen LogP contribution is -2.27. The molecule has 0 unspecified atom stereocenters. The van der Waals surface area contributed by atoms with Crippen LogP contribution in [0.15, 0.2) is 53.6 Å². The van der Waals surface area contributed by atoms with Crippen molar-refractivity contribution in [1.29, 1.82) is 0 Å². The maximum atomic E-state index is 12.0. The highest BCUT2D eigenvalue weighted by Gasteiger charge is 2.21. The Morgan fingerprint density at radius 1 is 1.00 bits per heavy atom. The number of carbonyl (C=O) groups is 2. The Morgan fingerprint density at radius 2 is 1.60 bits per heavy atom. The van der Waals surface area contributed by atoms with E-state index in [2.05, 4.69) is 15.8 Å². The van der Waals surface area contributed by atoms with E-state index < -0.39 is 5.41 Å². The quantitative estimate of drug-likeness (QED) is 0.590. The van der Waals surface area contributed by atoms with Crippen LogP contribution in [0.25, 0.3) is 0 Å². The SMILES string of the molecule is CC(C)(C)C(=O)Nc1ccc(C(=O)NN=Cc2ccc(O)cc2)cc1. The van der Waals surface area contributed by atoms with Gasteiger partial charge >= 0.3 is 0 Å². The number of hydrogen-bond donors (Lipinski definition) is 3. The minimum absolute atomic E-state index is 0.0943. The monoisotopic (exact) mass is 339 g/mol. The van der Waals surface area contributed by atoms with Gasteiger partial charge in [0.15, 0.2) is 0 Å². The lowest BCUT2D eigenvalue weighted by Gasteiger charge is -2.17. The zero-order chi connectivity index (χ0) is 18.4. The summed E-state index contributed by atoms with van der Waals surface area (Å²) in [4.78, 5) is 24.0. The van der Waals surface area contributed by atoms with Crippen molar-refractivity contribution in [2.24, 2.45) is 10.5 Å². The molecule has 0 aliphatic carbocycles. The maximum absolute atomic E-state index is 12.0. The van der Waals surface area contributed by atoms with Gasteiger partial charge in [-0.25, -0.2) is 5.43 Å². The second-order valence-electron chi connectivity index (χ2n) is 6.57. The summed E-state index contributed by atoms with van der Waals surface area (Å²) in [6, 6.07) is 13.0. The van der Waals surface area contributed by atoms with Gasteiger partial charge in [0.05, 0.1) is 6.21 Å². The fraction of sp³-hybridized carbons (Fsp3) is 0.211. The first-order valence-electron chi connectivity index (χ1n) is 7.80. The molecule has 0 aromatic heterocycles. The van der Waals surface area contributed by atoms with Crippen LogP contribution in [0.4, 0.5) is 5.69 Å². The first kappa shape index (κ1) is 18.2. The number of carbonyl (C=O) groups excluding carboxylic acids is 2. The van der Waals surface area contributed by atoms with Gasteiger partial charge < -0.3 is 10.4 Å². The molecular formula is C19H21N3O3. The van der Waals surface area contributed by atoms with Crippen molar-refractivity contribution >= 4 is 23.7 Å². The summed E-state index contributed by atoms with van der Waals surface area (Å²) in [5, 5.41) is 15.9. The van der Waals surface area contributed by atoms with Gasteiger partial charge in [-0.3, -0.25) is 9.59 Å². The van der Waals surface area contributed by atoms with Crippen LogP contribution in [0.2, 0.25) is 0 Å². The summed E-state index contributed by atoms with van der Waals surface area (Å²) in [5.74, 6) is -0.285. The van der Waals surface area contributed by atoms with Gasteiger partial charge in [0.1, 0.15) is 5.75 Å². The van der Waals surface area contributed by atoms with Gasteiger partial charge in [-0.05, 0) is 54.1 Å². The Hall–Kier alpha value is -3.15. The summed E-state index contributed by atoms with van der Waals surface area (Å²) in [6.07, 6.45) is 1.48. The van der Waals surface area contributed by atoms with E-state index in [1.165, 1.54) is 18.3 Å². The molecule has 0 heterocycles. The van der Waals surface area contributed by atoms with Gasteiger partial charge in [-0.2, -0.15) is 5.10 Å². The van der Waals surface area contributed by atoms with Crippen LogP contribution in [0, 0.1) is 5.41 Å². The second-order valence-corrected chi connectivity index (χ2v) is 6.57. The molecule has 130 valence electrons. The van der Waals surface area contributed by atoms with Crippen LogP contribution in [0.3, 0.4) is 0 Å². The number of anilines is 1. The highest BCUT2D eigenvalue weighted by atomic mass is 16.3. The highest BCUT2D eigenvalue weighted by molar-refractivity contribution is 5.97. The third kappa shape index (κ3) is 5.46. The van der Waals surface area contributed by atoms with Gasteiger partial charge in [0.2, 0.25) is 5.91 Å². The lowest BCUT2D eigenvalue weighted by atomic mass is 9.95. The minimum Gasteiger partial charge on any atom is -0.508 e. The Morgan fingerprint density at radius 3 is 2.16 bits per heavy atom. The predicted octanol–water partition coefficient (Wildman–Crippen LogP) is 3.14. The van der Waals surface area contributed by atoms with E-state index >= 15 is 0 Å². The number of amides is 2. The Kier molecular flexibility index (Phi) is 5.54. The first-order valence-corrected chi connectivity index (χ1v) is 7.80. The van der Waals surface area contributed by atoms with E-state index in [-0.39, 0.29) is 17.6 Å². The van der Waals surface area contributed by atoms with E-state index in [4.69, 9.17) is 0 Å². The fourth-order valence-electron chi connectivity index (χ4n) is 1.81. The van der Waals surface area contributed by atoms with E-state index in [0.29, 0.717) is 11.3 Å². The molecule has 3 N–H and O–H groups in total. The van der Waals surface area contributed by atoms with Crippen molar-refractivity contribution in [2.75, 3.05) is 5.32 Å². The second kappa shape index (κ2) is 7.61. The topological polar surface area (TPSA) is 90.8 Å². The van der Waals surface area contributed by atoms with E-state index in [1.807, 2.05) is 20.8 Å². The Bertz CT molecular complexity index is 773. The molecule has 0 spiro atoms. The van der Waals surface area contributed by atoms with Crippen LogP contribution in [0.1, 0.15) is 36.7 Å². The van der Waals surface area contributed by atoms with Crippen molar-refractivity contribution in [1.82, 2.24) is 5.43 Å². The summed E-state index contributed by atoms with van der Waals surface area (Å²) >= 11 is 0. The number of rotatable bonds is 4. The van der Waals surface area contributed by atoms with Gasteiger partial charge in [-0.1, -0.05) is 20.8 Å². The van der Waals surface area contributed by atoms with Crippen LogP contribution in [-0.2, 0) is 4.79 Å². The normalized spacial score (nSPS) is 11.3. The standard InChI is InChI=1S/C19H21N3O3/c1-19(2,3)18(25)21-15-8-6-14(7-9-15)17(24)22-20-12-13-4-10-16(23)11-5-13/h4-12,23H,1-3H3,(H,21,25)(H,22,24). The number of aromatic hydroxyl groups is 1. The van der Waals surface area contributed by atoms with Crippen LogP contribution < -0.4 is 10.7 Å². The lowest BCUT2D eigenvalue weighted by molar-refractivity contribution is -0.123. The van der Waals surface area contributed by atoms with Crippen LogP contribution in [-0.4, -0.2) is 23.1 Å². The van der Waals surface area contributed by atoms with E-state index in [0.717, 1.165) is 5.56 Å². The largest absolute Gasteiger partial charge is 0.508 e. The predicted molar refractivity (Wildman–Crippen MR) is 97.7 cm³/mol. The molecule has 0 aliphatic rings. The Labute approximate surface area is 146 Å². The minimum atomic E-state index is -0.487. The van der Waals surface area contributed by atoms with Crippen molar-refractivity contribution in [3.63, 3.8) is 0 Å². The molecule has 2 aromatic rings. The van der Waals surface area contributed by atoms with E-state index in [9.17, 15) is 14.7 Å². The van der Waals surface area contributed by atoms with Gasteiger partial charge in [-0.15, -0.1) is 0 Å². The molecular weight excluding hydrogens is 318 g/mol. The number of nitrogens with one attached hydrogen (secondary N) is 2. The molecule has 6 nitrogen and oxygen atoms in total. The zero-order valence-electron chi connectivity index (χ0n) is 14.4. The smallest absolute Gasteiger partial charge is 0.271 e.